The second kappa shape index (κ2) is 5.07. The van der Waals surface area contributed by atoms with Gasteiger partial charge in [0.1, 0.15) is 6.07 Å². The number of alkyl halides is 2. The summed E-state index contributed by atoms with van der Waals surface area (Å²) in [6.45, 7) is -1.00. The minimum Gasteiger partial charge on any atom is -0.399 e. The first-order chi connectivity index (χ1) is 7.86. The van der Waals surface area contributed by atoms with Gasteiger partial charge in [-0.25, -0.2) is 21.9 Å². The van der Waals surface area contributed by atoms with Crippen molar-refractivity contribution in [2.45, 2.75) is 11.3 Å². The van der Waals surface area contributed by atoms with Gasteiger partial charge < -0.3 is 5.73 Å². The number of nitrogens with two attached hydrogens (primary N) is 1. The highest BCUT2D eigenvalue weighted by Crippen LogP contribution is 2.17. The number of halogens is 2. The Bertz CT molecular complexity index is 552. The first-order valence-corrected chi connectivity index (χ1v) is 5.92. The number of nitrogens with zero attached hydrogens (tertiary/aromatic N) is 1. The lowest BCUT2D eigenvalue weighted by atomic mass is 10.2. The van der Waals surface area contributed by atoms with E-state index in [-0.39, 0.29) is 16.1 Å². The average Bonchev–Trinajstić information content (AvgIpc) is 2.26. The van der Waals surface area contributed by atoms with Crippen LogP contribution in [0.5, 0.6) is 0 Å². The molecule has 0 heterocycles. The van der Waals surface area contributed by atoms with Crippen LogP contribution in [0.3, 0.4) is 0 Å². The van der Waals surface area contributed by atoms with Crippen molar-refractivity contribution in [1.29, 1.82) is 5.26 Å². The van der Waals surface area contributed by atoms with Gasteiger partial charge in [0.15, 0.2) is 0 Å². The molecule has 1 rings (SSSR count). The Labute approximate surface area is 96.9 Å². The fourth-order valence-electron chi connectivity index (χ4n) is 1.12. The van der Waals surface area contributed by atoms with E-state index in [0.29, 0.717) is 0 Å². The maximum atomic E-state index is 11.9. The van der Waals surface area contributed by atoms with E-state index in [0.717, 1.165) is 12.1 Å². The van der Waals surface area contributed by atoms with Crippen LogP contribution < -0.4 is 10.5 Å². The number of hydrogen-bond donors (Lipinski definition) is 2. The smallest absolute Gasteiger partial charge is 0.251 e. The van der Waals surface area contributed by atoms with E-state index in [4.69, 9.17) is 11.0 Å². The van der Waals surface area contributed by atoms with Crippen LogP contribution in [0.15, 0.2) is 23.1 Å². The van der Waals surface area contributed by atoms with Gasteiger partial charge in [0.05, 0.1) is 17.0 Å². The first kappa shape index (κ1) is 13.3. The van der Waals surface area contributed by atoms with Gasteiger partial charge in [-0.05, 0) is 18.2 Å². The third-order valence-electron chi connectivity index (χ3n) is 1.84. The van der Waals surface area contributed by atoms with Crippen LogP contribution >= 0.6 is 0 Å². The minimum absolute atomic E-state index is 0.188. The van der Waals surface area contributed by atoms with Crippen LogP contribution in [0.2, 0.25) is 0 Å². The summed E-state index contributed by atoms with van der Waals surface area (Å²) in [5.74, 6) is 0. The summed E-state index contributed by atoms with van der Waals surface area (Å²) in [6.07, 6.45) is -2.80. The van der Waals surface area contributed by atoms with Crippen LogP contribution in [0.4, 0.5) is 14.5 Å². The Morgan fingerprint density at radius 2 is 2.12 bits per heavy atom. The molecule has 0 amide bonds. The first-order valence-electron chi connectivity index (χ1n) is 4.44. The standard InChI is InChI=1S/C9H9F2N3O2S/c10-9(11)5-14-17(15,16)8-2-1-7(13)3-6(8)4-12/h1-3,9,14H,5,13H2. The van der Waals surface area contributed by atoms with Gasteiger partial charge >= 0.3 is 0 Å². The third kappa shape index (κ3) is 3.37. The van der Waals surface area contributed by atoms with Gasteiger partial charge in [0, 0.05) is 5.69 Å². The monoisotopic (exact) mass is 261 g/mol. The number of sulfonamides is 1. The van der Waals surface area contributed by atoms with Crippen molar-refractivity contribution < 1.29 is 17.2 Å². The van der Waals surface area contributed by atoms with E-state index in [2.05, 4.69) is 0 Å². The Morgan fingerprint density at radius 3 is 2.65 bits per heavy atom. The summed E-state index contributed by atoms with van der Waals surface area (Å²) in [4.78, 5) is -0.366. The van der Waals surface area contributed by atoms with Crippen molar-refractivity contribution >= 4 is 15.7 Å². The van der Waals surface area contributed by atoms with Crippen LogP contribution in [0, 0.1) is 11.3 Å². The molecule has 3 N–H and O–H groups in total. The Kier molecular flexibility index (Phi) is 3.98. The molecule has 1 aromatic carbocycles. The maximum absolute atomic E-state index is 11.9. The lowest BCUT2D eigenvalue weighted by molar-refractivity contribution is 0.153. The van der Waals surface area contributed by atoms with E-state index in [9.17, 15) is 17.2 Å². The molecule has 0 fully saturated rings. The molecule has 0 saturated heterocycles. The number of benzene rings is 1. The number of anilines is 1. The minimum atomic E-state index is -4.12. The van der Waals surface area contributed by atoms with Gasteiger partial charge in [-0.15, -0.1) is 0 Å². The number of nitriles is 1. The number of nitrogen functional groups attached to an aromatic ring is 1. The highest BCUT2D eigenvalue weighted by Gasteiger charge is 2.19. The Balaban J connectivity index is 3.12. The second-order valence-corrected chi connectivity index (χ2v) is 4.85. The van der Waals surface area contributed by atoms with E-state index < -0.39 is 23.0 Å². The van der Waals surface area contributed by atoms with Crippen LogP contribution in [0.1, 0.15) is 5.56 Å². The third-order valence-corrected chi connectivity index (χ3v) is 3.32. The lowest BCUT2D eigenvalue weighted by Gasteiger charge is -2.08. The zero-order valence-corrected chi connectivity index (χ0v) is 9.34. The average molecular weight is 261 g/mol. The van der Waals surface area contributed by atoms with Crippen molar-refractivity contribution in [3.63, 3.8) is 0 Å². The summed E-state index contributed by atoms with van der Waals surface area (Å²) in [7, 11) is -4.12. The van der Waals surface area contributed by atoms with E-state index >= 15 is 0 Å². The summed E-state index contributed by atoms with van der Waals surface area (Å²) in [6, 6.07) is 5.18. The molecule has 0 saturated carbocycles. The molecular weight excluding hydrogens is 252 g/mol. The van der Waals surface area contributed by atoms with Gasteiger partial charge in [-0.1, -0.05) is 0 Å². The largest absolute Gasteiger partial charge is 0.399 e. The molecular formula is C9H9F2N3O2S. The Morgan fingerprint density at radius 1 is 1.47 bits per heavy atom. The SMILES string of the molecule is N#Cc1cc(N)ccc1S(=O)(=O)NCC(F)F. The second-order valence-electron chi connectivity index (χ2n) is 3.11. The van der Waals surface area contributed by atoms with Crippen molar-refractivity contribution in [2.24, 2.45) is 0 Å². The van der Waals surface area contributed by atoms with Crippen molar-refractivity contribution in [3.05, 3.63) is 23.8 Å². The maximum Gasteiger partial charge on any atom is 0.251 e. The molecule has 0 radical (unpaired) electrons. The fourth-order valence-corrected chi connectivity index (χ4v) is 2.26. The number of nitrogens with one attached hydrogen (secondary N) is 1. The van der Waals surface area contributed by atoms with Crippen LogP contribution in [-0.4, -0.2) is 21.4 Å². The van der Waals surface area contributed by atoms with Crippen molar-refractivity contribution in [2.75, 3.05) is 12.3 Å². The molecule has 92 valence electrons. The number of rotatable bonds is 4. The van der Waals surface area contributed by atoms with Crippen LogP contribution in [0.25, 0.3) is 0 Å². The molecule has 0 bridgehead atoms. The lowest BCUT2D eigenvalue weighted by Crippen LogP contribution is -2.29. The van der Waals surface area contributed by atoms with Crippen LogP contribution in [-0.2, 0) is 10.0 Å². The Hall–Kier alpha value is -1.72. The van der Waals surface area contributed by atoms with Crippen molar-refractivity contribution in [3.8, 4) is 6.07 Å². The molecule has 0 atom stereocenters. The normalized spacial score (nSPS) is 11.4. The molecule has 1 aromatic rings. The zero-order valence-electron chi connectivity index (χ0n) is 8.52. The van der Waals surface area contributed by atoms with Gasteiger partial charge in [-0.3, -0.25) is 0 Å². The molecule has 0 aromatic heterocycles. The fraction of sp³-hybridized carbons (Fsp3) is 0.222. The molecule has 0 spiro atoms. The predicted octanol–water partition coefficient (Wildman–Crippen LogP) is 0.684. The summed E-state index contributed by atoms with van der Waals surface area (Å²) < 4.78 is 48.7. The van der Waals surface area contributed by atoms with E-state index in [1.807, 2.05) is 0 Å². The van der Waals surface area contributed by atoms with Gasteiger partial charge in [0.2, 0.25) is 10.0 Å². The zero-order chi connectivity index (χ0) is 13.1. The van der Waals surface area contributed by atoms with Crippen molar-refractivity contribution in [1.82, 2.24) is 4.72 Å². The van der Waals surface area contributed by atoms with E-state index in [1.165, 1.54) is 6.07 Å². The highest BCUT2D eigenvalue weighted by molar-refractivity contribution is 7.89. The van der Waals surface area contributed by atoms with Gasteiger partial charge in [-0.2, -0.15) is 5.26 Å². The molecule has 17 heavy (non-hydrogen) atoms. The van der Waals surface area contributed by atoms with Gasteiger partial charge in [0.25, 0.3) is 6.43 Å². The highest BCUT2D eigenvalue weighted by atomic mass is 32.2. The molecule has 0 aliphatic rings. The molecule has 8 heteroatoms. The van der Waals surface area contributed by atoms with E-state index in [1.54, 1.807) is 10.8 Å². The number of hydrogen-bond acceptors (Lipinski definition) is 4. The quantitative estimate of drug-likeness (QED) is 0.779. The summed E-state index contributed by atoms with van der Waals surface area (Å²) >= 11 is 0. The molecule has 0 unspecified atom stereocenters. The topological polar surface area (TPSA) is 96.0 Å². The molecule has 0 aliphatic heterocycles. The summed E-state index contributed by atoms with van der Waals surface area (Å²) in [5.41, 5.74) is 5.41. The molecule has 5 nitrogen and oxygen atoms in total. The summed E-state index contributed by atoms with van der Waals surface area (Å²) in [5, 5.41) is 8.74. The predicted molar refractivity (Wildman–Crippen MR) is 56.8 cm³/mol. The molecule has 0 aliphatic carbocycles.